The maximum atomic E-state index is 13.2. The van der Waals surface area contributed by atoms with Gasteiger partial charge >= 0.3 is 0 Å². The Morgan fingerprint density at radius 2 is 2.04 bits per heavy atom. The number of nitro groups is 1. The molecule has 0 fully saturated rings. The summed E-state index contributed by atoms with van der Waals surface area (Å²) in [5.41, 5.74) is 2.59. The number of rotatable bonds is 4. The topological polar surface area (TPSA) is 106 Å². The van der Waals surface area contributed by atoms with Crippen molar-refractivity contribution in [3.05, 3.63) is 63.8 Å². The van der Waals surface area contributed by atoms with E-state index in [2.05, 4.69) is 4.98 Å². The summed E-state index contributed by atoms with van der Waals surface area (Å²) in [6, 6.07) is 10.5. The number of nitro benzene ring substituents is 1. The second-order valence-electron chi connectivity index (χ2n) is 6.72. The van der Waals surface area contributed by atoms with E-state index in [1.54, 1.807) is 7.11 Å². The van der Waals surface area contributed by atoms with Crippen molar-refractivity contribution in [3.8, 4) is 5.75 Å². The van der Waals surface area contributed by atoms with Gasteiger partial charge in [0.1, 0.15) is 5.75 Å². The van der Waals surface area contributed by atoms with Gasteiger partial charge in [-0.05, 0) is 43.2 Å². The average molecular weight is 401 g/mol. The fraction of sp³-hybridized carbons (Fsp3) is 0.263. The van der Waals surface area contributed by atoms with Crippen LogP contribution in [0.25, 0.3) is 10.9 Å². The normalized spacial score (nSPS) is 17.4. The van der Waals surface area contributed by atoms with Crippen molar-refractivity contribution in [1.82, 2.24) is 9.29 Å². The van der Waals surface area contributed by atoms with Gasteiger partial charge in [0.15, 0.2) is 0 Å². The molecular weight excluding hydrogens is 382 g/mol. The van der Waals surface area contributed by atoms with E-state index < -0.39 is 21.0 Å². The maximum Gasteiger partial charge on any atom is 0.270 e. The van der Waals surface area contributed by atoms with Crippen LogP contribution in [0.3, 0.4) is 0 Å². The Morgan fingerprint density at radius 3 is 2.75 bits per heavy atom. The standard InChI is InChI=1S/C19H19N3O5S/c1-12-19-16(17-11-14(27-2)6-7-18(17)20-19)8-9-21(12)28(25,26)15-5-3-4-13(10-15)22(23)24/h3-7,10-12,20H,8-9H2,1-2H3/t12-/m0/s1. The van der Waals surface area contributed by atoms with E-state index in [1.165, 1.54) is 22.5 Å². The Balaban J connectivity index is 1.76. The number of aromatic nitrogens is 1. The highest BCUT2D eigenvalue weighted by Gasteiger charge is 2.36. The number of ether oxygens (including phenoxy) is 1. The maximum absolute atomic E-state index is 13.2. The molecule has 0 amide bonds. The van der Waals surface area contributed by atoms with Crippen LogP contribution in [0.5, 0.6) is 5.75 Å². The molecule has 9 heteroatoms. The number of benzene rings is 2. The zero-order valence-corrected chi connectivity index (χ0v) is 16.2. The van der Waals surface area contributed by atoms with Crippen molar-refractivity contribution < 1.29 is 18.1 Å². The monoisotopic (exact) mass is 401 g/mol. The third-order valence-corrected chi connectivity index (χ3v) is 7.18. The smallest absolute Gasteiger partial charge is 0.270 e. The van der Waals surface area contributed by atoms with Crippen LogP contribution in [0.15, 0.2) is 47.4 Å². The predicted molar refractivity (Wildman–Crippen MR) is 104 cm³/mol. The van der Waals surface area contributed by atoms with Crippen molar-refractivity contribution in [2.24, 2.45) is 0 Å². The van der Waals surface area contributed by atoms with Crippen molar-refractivity contribution >= 4 is 26.6 Å². The first kappa shape index (κ1) is 18.5. The van der Waals surface area contributed by atoms with E-state index >= 15 is 0 Å². The third-order valence-electron chi connectivity index (χ3n) is 5.21. The summed E-state index contributed by atoms with van der Waals surface area (Å²) < 4.78 is 33.0. The highest BCUT2D eigenvalue weighted by atomic mass is 32.2. The van der Waals surface area contributed by atoms with Crippen LogP contribution >= 0.6 is 0 Å². The highest BCUT2D eigenvalue weighted by Crippen LogP contribution is 2.38. The number of nitrogens with zero attached hydrogens (tertiary/aromatic N) is 2. The van der Waals surface area contributed by atoms with Crippen LogP contribution in [-0.2, 0) is 16.4 Å². The van der Waals surface area contributed by atoms with Crippen molar-refractivity contribution in [1.29, 1.82) is 0 Å². The summed E-state index contributed by atoms with van der Waals surface area (Å²) >= 11 is 0. The van der Waals surface area contributed by atoms with Crippen molar-refractivity contribution in [2.45, 2.75) is 24.3 Å². The second-order valence-corrected chi connectivity index (χ2v) is 8.62. The predicted octanol–water partition coefficient (Wildman–Crippen LogP) is 3.39. The molecule has 8 nitrogen and oxygen atoms in total. The van der Waals surface area contributed by atoms with E-state index in [0.29, 0.717) is 13.0 Å². The van der Waals surface area contributed by atoms with Gasteiger partial charge in [-0.15, -0.1) is 0 Å². The molecule has 1 aromatic heterocycles. The van der Waals surface area contributed by atoms with Gasteiger partial charge in [-0.2, -0.15) is 4.31 Å². The number of fused-ring (bicyclic) bond motifs is 3. The molecule has 1 atom stereocenters. The van der Waals surface area contributed by atoms with Gasteiger partial charge in [0.05, 0.1) is 23.0 Å². The first-order valence-corrected chi connectivity index (χ1v) is 10.2. The molecule has 0 radical (unpaired) electrons. The quantitative estimate of drug-likeness (QED) is 0.533. The van der Waals surface area contributed by atoms with Crippen LogP contribution < -0.4 is 4.74 Å². The molecule has 0 spiro atoms. The van der Waals surface area contributed by atoms with Crippen LogP contribution in [-0.4, -0.2) is 36.3 Å². The Morgan fingerprint density at radius 1 is 1.25 bits per heavy atom. The molecule has 0 aliphatic carbocycles. The molecule has 2 heterocycles. The van der Waals surface area contributed by atoms with Crippen molar-refractivity contribution in [2.75, 3.05) is 13.7 Å². The summed E-state index contributed by atoms with van der Waals surface area (Å²) in [5.74, 6) is 0.744. The van der Waals surface area contributed by atoms with E-state index in [-0.39, 0.29) is 10.6 Å². The summed E-state index contributed by atoms with van der Waals surface area (Å²) in [7, 11) is -2.27. The number of aromatic amines is 1. The van der Waals surface area contributed by atoms with Gasteiger partial charge < -0.3 is 9.72 Å². The lowest BCUT2D eigenvalue weighted by Gasteiger charge is -2.32. The van der Waals surface area contributed by atoms with Gasteiger partial charge in [-0.1, -0.05) is 6.07 Å². The van der Waals surface area contributed by atoms with E-state index in [1.807, 2.05) is 25.1 Å². The van der Waals surface area contributed by atoms with Gasteiger partial charge in [0, 0.05) is 35.3 Å². The Bertz CT molecular complexity index is 1190. The average Bonchev–Trinajstić information content (AvgIpc) is 3.07. The van der Waals surface area contributed by atoms with Gasteiger partial charge in [-0.3, -0.25) is 10.1 Å². The summed E-state index contributed by atoms with van der Waals surface area (Å²) in [6.07, 6.45) is 0.543. The van der Waals surface area contributed by atoms with E-state index in [9.17, 15) is 18.5 Å². The Labute approximate surface area is 161 Å². The SMILES string of the molecule is COc1ccc2[nH]c3c(c2c1)CCN(S(=O)(=O)c1cccc([N+](=O)[O-])c1)[C@H]3C. The summed E-state index contributed by atoms with van der Waals surface area (Å²) in [6.45, 7) is 2.11. The lowest BCUT2D eigenvalue weighted by Crippen LogP contribution is -2.38. The molecule has 28 heavy (non-hydrogen) atoms. The number of hydrogen-bond acceptors (Lipinski definition) is 5. The molecule has 0 saturated heterocycles. The number of H-pyrrole nitrogens is 1. The molecular formula is C19H19N3O5S. The first-order valence-electron chi connectivity index (χ1n) is 8.77. The molecule has 0 unspecified atom stereocenters. The minimum atomic E-state index is -3.88. The minimum absolute atomic E-state index is 0.0743. The van der Waals surface area contributed by atoms with Gasteiger partial charge in [-0.25, -0.2) is 8.42 Å². The number of methoxy groups -OCH3 is 1. The molecule has 1 aliphatic heterocycles. The Hall–Kier alpha value is -2.91. The van der Waals surface area contributed by atoms with E-state index in [4.69, 9.17) is 4.74 Å². The largest absolute Gasteiger partial charge is 0.497 e. The number of nitrogens with one attached hydrogen (secondary N) is 1. The fourth-order valence-electron chi connectivity index (χ4n) is 3.78. The third kappa shape index (κ3) is 2.83. The molecule has 2 aromatic carbocycles. The highest BCUT2D eigenvalue weighted by molar-refractivity contribution is 7.89. The fourth-order valence-corrected chi connectivity index (χ4v) is 5.43. The number of non-ortho nitro benzene ring substituents is 1. The molecule has 4 rings (SSSR count). The lowest BCUT2D eigenvalue weighted by molar-refractivity contribution is -0.385. The molecule has 1 aliphatic rings. The van der Waals surface area contributed by atoms with E-state index in [0.717, 1.165) is 34.0 Å². The van der Waals surface area contributed by atoms with Crippen molar-refractivity contribution in [3.63, 3.8) is 0 Å². The summed E-state index contributed by atoms with van der Waals surface area (Å²) in [5, 5.41) is 12.0. The molecule has 146 valence electrons. The number of sulfonamides is 1. The minimum Gasteiger partial charge on any atom is -0.497 e. The molecule has 0 bridgehead atoms. The van der Waals surface area contributed by atoms with Crippen LogP contribution in [0.1, 0.15) is 24.2 Å². The molecule has 3 aromatic rings. The zero-order valence-electron chi connectivity index (χ0n) is 15.4. The van der Waals surface area contributed by atoms with Gasteiger partial charge in [0.2, 0.25) is 10.0 Å². The first-order chi connectivity index (χ1) is 13.3. The van der Waals surface area contributed by atoms with Crippen LogP contribution in [0, 0.1) is 10.1 Å². The van der Waals surface area contributed by atoms with Gasteiger partial charge in [0.25, 0.3) is 5.69 Å². The zero-order chi connectivity index (χ0) is 20.1. The molecule has 1 N–H and O–H groups in total. The molecule has 0 saturated carbocycles. The summed E-state index contributed by atoms with van der Waals surface area (Å²) in [4.78, 5) is 13.7. The second kappa shape index (κ2) is 6.61. The van der Waals surface area contributed by atoms with Crippen LogP contribution in [0.2, 0.25) is 0 Å². The number of hydrogen-bond donors (Lipinski definition) is 1. The van der Waals surface area contributed by atoms with Crippen LogP contribution in [0.4, 0.5) is 5.69 Å². The lowest BCUT2D eigenvalue weighted by atomic mass is 10.0. The Kier molecular flexibility index (Phi) is 4.35.